The maximum Gasteiger partial charge on any atom is 0.260 e. The molecule has 2 unspecified atom stereocenters. The van der Waals surface area contributed by atoms with Gasteiger partial charge in [0.1, 0.15) is 0 Å². The molecule has 0 spiro atoms. The van der Waals surface area contributed by atoms with E-state index in [1.807, 2.05) is 6.92 Å². The Morgan fingerprint density at radius 1 is 1.65 bits per heavy atom. The maximum atomic E-state index is 12.2. The van der Waals surface area contributed by atoms with E-state index >= 15 is 0 Å². The number of ether oxygens (including phenoxy) is 1. The number of morpholine rings is 1. The van der Waals surface area contributed by atoms with Gasteiger partial charge in [0.25, 0.3) is 10.0 Å². The number of H-pyrrole nitrogens is 1. The molecule has 0 bridgehead atoms. The lowest BCUT2D eigenvalue weighted by Gasteiger charge is -2.34. The normalized spacial score (nSPS) is 27.2. The van der Waals surface area contributed by atoms with Gasteiger partial charge in [0.15, 0.2) is 5.03 Å². The summed E-state index contributed by atoms with van der Waals surface area (Å²) in [5.41, 5.74) is 0. The molecule has 0 amide bonds. The van der Waals surface area contributed by atoms with Crippen LogP contribution in [0.5, 0.6) is 0 Å². The van der Waals surface area contributed by atoms with Crippen LogP contribution in [-0.2, 0) is 14.8 Å². The minimum absolute atomic E-state index is 0.107. The van der Waals surface area contributed by atoms with E-state index in [4.69, 9.17) is 4.74 Å². The number of hydrogen-bond donors (Lipinski definition) is 1. The lowest BCUT2D eigenvalue weighted by molar-refractivity contribution is -0.0411. The summed E-state index contributed by atoms with van der Waals surface area (Å²) in [7, 11) is -3.48. The summed E-state index contributed by atoms with van der Waals surface area (Å²) in [5.74, 6) is 0. The van der Waals surface area contributed by atoms with Crippen LogP contribution in [0, 0.1) is 0 Å². The van der Waals surface area contributed by atoms with Crippen molar-refractivity contribution in [2.75, 3.05) is 18.4 Å². The Bertz CT molecular complexity index is 462. The van der Waals surface area contributed by atoms with E-state index in [0.29, 0.717) is 18.4 Å². The molecular formula is C9H14BrN3O3S. The second-order valence-corrected chi connectivity index (χ2v) is 6.51. The van der Waals surface area contributed by atoms with Gasteiger partial charge in [-0.1, -0.05) is 15.9 Å². The number of imidazole rings is 1. The van der Waals surface area contributed by atoms with Crippen LogP contribution in [0.3, 0.4) is 0 Å². The molecule has 0 aliphatic carbocycles. The second kappa shape index (κ2) is 5.05. The Hall–Kier alpha value is -0.440. The zero-order chi connectivity index (χ0) is 12.5. The van der Waals surface area contributed by atoms with Gasteiger partial charge in [-0.3, -0.25) is 0 Å². The SMILES string of the molecule is CC1CN(S(=O)(=O)c2cnc[nH]2)CC(CBr)O1. The Morgan fingerprint density at radius 2 is 2.41 bits per heavy atom. The monoisotopic (exact) mass is 323 g/mol. The van der Waals surface area contributed by atoms with Crippen molar-refractivity contribution in [1.82, 2.24) is 14.3 Å². The van der Waals surface area contributed by atoms with E-state index in [0.717, 1.165) is 0 Å². The molecule has 6 nitrogen and oxygen atoms in total. The molecule has 0 radical (unpaired) electrons. The molecule has 0 aromatic carbocycles. The standard InChI is InChI=1S/C9H14BrN3O3S/c1-7-4-13(5-8(2-10)16-7)17(14,15)9-3-11-6-12-9/h3,6-8H,2,4-5H2,1H3,(H,11,12). The zero-order valence-electron chi connectivity index (χ0n) is 9.34. The predicted octanol–water partition coefficient (Wildman–Crippen LogP) is 0.583. The largest absolute Gasteiger partial charge is 0.372 e. The minimum Gasteiger partial charge on any atom is -0.372 e. The summed E-state index contributed by atoms with van der Waals surface area (Å²) in [5, 5.41) is 0.742. The summed E-state index contributed by atoms with van der Waals surface area (Å²) >= 11 is 3.31. The fraction of sp³-hybridized carbons (Fsp3) is 0.667. The van der Waals surface area contributed by atoms with Crippen molar-refractivity contribution < 1.29 is 13.2 Å². The highest BCUT2D eigenvalue weighted by Crippen LogP contribution is 2.20. The number of aromatic nitrogens is 2. The van der Waals surface area contributed by atoms with Crippen LogP contribution in [0.2, 0.25) is 0 Å². The molecule has 2 rings (SSSR count). The van der Waals surface area contributed by atoms with Gasteiger partial charge >= 0.3 is 0 Å². The fourth-order valence-corrected chi connectivity index (χ4v) is 3.61. The lowest BCUT2D eigenvalue weighted by atomic mass is 10.3. The minimum atomic E-state index is -3.48. The molecule has 96 valence electrons. The fourth-order valence-electron chi connectivity index (χ4n) is 1.81. The Kier molecular flexibility index (Phi) is 3.86. The molecule has 2 atom stereocenters. The van der Waals surface area contributed by atoms with Gasteiger partial charge in [0, 0.05) is 18.4 Å². The topological polar surface area (TPSA) is 75.3 Å². The highest BCUT2D eigenvalue weighted by atomic mass is 79.9. The average molecular weight is 324 g/mol. The molecule has 0 saturated carbocycles. The van der Waals surface area contributed by atoms with Crippen molar-refractivity contribution in [1.29, 1.82) is 0 Å². The van der Waals surface area contributed by atoms with Crippen LogP contribution in [0.25, 0.3) is 0 Å². The average Bonchev–Trinajstić information content (AvgIpc) is 2.82. The van der Waals surface area contributed by atoms with Crippen LogP contribution in [0.15, 0.2) is 17.6 Å². The van der Waals surface area contributed by atoms with E-state index in [9.17, 15) is 8.42 Å². The van der Waals surface area contributed by atoms with E-state index in [2.05, 4.69) is 25.9 Å². The van der Waals surface area contributed by atoms with Gasteiger partial charge in [-0.05, 0) is 6.92 Å². The number of alkyl halides is 1. The lowest BCUT2D eigenvalue weighted by Crippen LogP contribution is -2.49. The summed E-state index contributed by atoms with van der Waals surface area (Å²) in [4.78, 5) is 6.37. The molecule has 1 aliphatic rings. The first-order valence-corrected chi connectivity index (χ1v) is 7.80. The molecule has 1 aromatic rings. The number of sulfonamides is 1. The van der Waals surface area contributed by atoms with Crippen molar-refractivity contribution in [2.24, 2.45) is 0 Å². The molecule has 2 heterocycles. The van der Waals surface area contributed by atoms with Crippen LogP contribution in [-0.4, -0.2) is 53.3 Å². The van der Waals surface area contributed by atoms with Gasteiger partial charge in [-0.2, -0.15) is 4.31 Å². The van der Waals surface area contributed by atoms with Crippen molar-refractivity contribution >= 4 is 26.0 Å². The molecule has 1 fully saturated rings. The molecule has 1 aromatic heterocycles. The van der Waals surface area contributed by atoms with Crippen LogP contribution < -0.4 is 0 Å². The second-order valence-electron chi connectivity index (χ2n) is 3.96. The number of rotatable bonds is 3. The van der Waals surface area contributed by atoms with E-state index in [1.165, 1.54) is 16.8 Å². The molecule has 1 N–H and O–H groups in total. The third kappa shape index (κ3) is 2.70. The van der Waals surface area contributed by atoms with Crippen LogP contribution in [0.4, 0.5) is 0 Å². The van der Waals surface area contributed by atoms with Gasteiger partial charge in [-0.15, -0.1) is 0 Å². The summed E-state index contributed by atoms with van der Waals surface area (Å²) in [6.07, 6.45) is 2.46. The predicted molar refractivity (Wildman–Crippen MR) is 65.5 cm³/mol. The zero-order valence-corrected chi connectivity index (χ0v) is 11.7. The molecule has 1 saturated heterocycles. The Morgan fingerprint density at radius 3 is 3.00 bits per heavy atom. The third-order valence-corrected chi connectivity index (χ3v) is 5.04. The van der Waals surface area contributed by atoms with Crippen LogP contribution >= 0.6 is 15.9 Å². The number of nitrogens with one attached hydrogen (secondary N) is 1. The third-order valence-electron chi connectivity index (χ3n) is 2.56. The maximum absolute atomic E-state index is 12.2. The quantitative estimate of drug-likeness (QED) is 0.826. The first-order chi connectivity index (χ1) is 8.04. The van der Waals surface area contributed by atoms with Gasteiger partial charge in [-0.25, -0.2) is 13.4 Å². The van der Waals surface area contributed by atoms with Crippen molar-refractivity contribution in [3.8, 4) is 0 Å². The number of aromatic amines is 1. The Labute approximate surface area is 109 Å². The highest BCUT2D eigenvalue weighted by molar-refractivity contribution is 9.09. The molecule has 17 heavy (non-hydrogen) atoms. The van der Waals surface area contributed by atoms with E-state index < -0.39 is 10.0 Å². The molecule has 1 aliphatic heterocycles. The molecule has 8 heteroatoms. The number of nitrogens with zero attached hydrogens (tertiary/aromatic N) is 2. The van der Waals surface area contributed by atoms with Gasteiger partial charge in [0.05, 0.1) is 24.7 Å². The molecular weight excluding hydrogens is 310 g/mol. The van der Waals surface area contributed by atoms with E-state index in [1.54, 1.807) is 0 Å². The van der Waals surface area contributed by atoms with Crippen molar-refractivity contribution in [3.05, 3.63) is 12.5 Å². The highest BCUT2D eigenvalue weighted by Gasteiger charge is 2.34. The summed E-state index contributed by atoms with van der Waals surface area (Å²) < 4.78 is 31.5. The Balaban J connectivity index is 2.22. The summed E-state index contributed by atoms with van der Waals surface area (Å²) in [6, 6.07) is 0. The van der Waals surface area contributed by atoms with Crippen molar-refractivity contribution in [2.45, 2.75) is 24.2 Å². The van der Waals surface area contributed by atoms with Crippen LogP contribution in [0.1, 0.15) is 6.92 Å². The smallest absolute Gasteiger partial charge is 0.260 e. The van der Waals surface area contributed by atoms with Gasteiger partial charge in [0.2, 0.25) is 0 Å². The number of hydrogen-bond acceptors (Lipinski definition) is 4. The van der Waals surface area contributed by atoms with E-state index in [-0.39, 0.29) is 17.2 Å². The summed E-state index contributed by atoms with van der Waals surface area (Å²) in [6.45, 7) is 2.59. The first-order valence-electron chi connectivity index (χ1n) is 5.24. The van der Waals surface area contributed by atoms with Gasteiger partial charge < -0.3 is 9.72 Å². The number of halogens is 1. The first kappa shape index (κ1) is 13.0. The van der Waals surface area contributed by atoms with Crippen molar-refractivity contribution in [3.63, 3.8) is 0 Å².